The van der Waals surface area contributed by atoms with Crippen LogP contribution in [0.1, 0.15) is 66.2 Å². The number of alkyl halides is 1. The third-order valence-corrected chi connectivity index (χ3v) is 10.2. The molecule has 4 rings (SSSR count). The second kappa shape index (κ2) is 4.98. The summed E-state index contributed by atoms with van der Waals surface area (Å²) in [7, 11) is 0. The molecule has 2 bridgehead atoms. The highest BCUT2D eigenvalue weighted by molar-refractivity contribution is 9.09. The summed E-state index contributed by atoms with van der Waals surface area (Å²) in [6.07, 6.45) is 6.57. The quantitative estimate of drug-likeness (QED) is 0.658. The van der Waals surface area contributed by atoms with Crippen LogP contribution in [0.2, 0.25) is 0 Å². The van der Waals surface area contributed by atoms with Gasteiger partial charge in [-0.3, -0.25) is 0 Å². The van der Waals surface area contributed by atoms with Gasteiger partial charge in [-0.2, -0.15) is 0 Å². The first-order valence-corrected chi connectivity index (χ1v) is 10.6. The van der Waals surface area contributed by atoms with Crippen LogP contribution in [0.4, 0.5) is 0 Å². The maximum atomic E-state index is 11.3. The highest BCUT2D eigenvalue weighted by Gasteiger charge is 2.72. The van der Waals surface area contributed by atoms with Gasteiger partial charge in [-0.15, -0.1) is 0 Å². The highest BCUT2D eigenvalue weighted by atomic mass is 79.9. The van der Waals surface area contributed by atoms with Crippen LogP contribution >= 0.6 is 15.9 Å². The number of hydrogen-bond acceptors (Lipinski definition) is 2. The zero-order valence-corrected chi connectivity index (χ0v) is 16.6. The molecule has 4 saturated carbocycles. The third kappa shape index (κ3) is 1.99. The zero-order valence-electron chi connectivity index (χ0n) is 15.1. The Morgan fingerprint density at radius 2 is 1.83 bits per heavy atom. The summed E-state index contributed by atoms with van der Waals surface area (Å²) in [6.45, 7) is 9.16. The van der Waals surface area contributed by atoms with E-state index in [-0.39, 0.29) is 22.9 Å². The molecular formula is C20H33BrO2. The van der Waals surface area contributed by atoms with Gasteiger partial charge in [-0.25, -0.2) is 0 Å². The lowest BCUT2D eigenvalue weighted by Crippen LogP contribution is -2.64. The Labute approximate surface area is 149 Å². The van der Waals surface area contributed by atoms with Gasteiger partial charge in [0.25, 0.3) is 0 Å². The lowest BCUT2D eigenvalue weighted by atomic mass is 9.43. The highest BCUT2D eigenvalue weighted by Crippen LogP contribution is 2.74. The summed E-state index contributed by atoms with van der Waals surface area (Å²) in [5.41, 5.74) is -0.231. The monoisotopic (exact) mass is 384 g/mol. The van der Waals surface area contributed by atoms with Crippen LogP contribution in [0, 0.1) is 40.4 Å². The van der Waals surface area contributed by atoms with E-state index in [4.69, 9.17) is 0 Å². The maximum absolute atomic E-state index is 11.3. The van der Waals surface area contributed by atoms with E-state index in [9.17, 15) is 10.2 Å². The lowest BCUT2D eigenvalue weighted by molar-refractivity contribution is -0.204. The first-order chi connectivity index (χ1) is 10.6. The summed E-state index contributed by atoms with van der Waals surface area (Å²) in [4.78, 5) is 0.474. The molecule has 4 aliphatic carbocycles. The molecule has 132 valence electrons. The molecule has 9 atom stereocenters. The average Bonchev–Trinajstić information content (AvgIpc) is 2.97. The minimum atomic E-state index is -0.635. The van der Waals surface area contributed by atoms with Crippen LogP contribution in [-0.4, -0.2) is 26.7 Å². The number of fused-ring (bicyclic) bond motifs is 3. The van der Waals surface area contributed by atoms with E-state index in [1.807, 2.05) is 0 Å². The Morgan fingerprint density at radius 1 is 1.13 bits per heavy atom. The Bertz CT molecular complexity index is 504. The van der Waals surface area contributed by atoms with Crippen LogP contribution in [0.5, 0.6) is 0 Å². The summed E-state index contributed by atoms with van der Waals surface area (Å²) < 4.78 is 0. The topological polar surface area (TPSA) is 40.5 Å². The van der Waals surface area contributed by atoms with Gasteiger partial charge < -0.3 is 10.2 Å². The van der Waals surface area contributed by atoms with E-state index < -0.39 is 5.60 Å². The smallest absolute Gasteiger partial charge is 0.0657 e. The lowest BCUT2D eigenvalue weighted by Gasteiger charge is -2.64. The van der Waals surface area contributed by atoms with Gasteiger partial charge in [0, 0.05) is 4.83 Å². The average molecular weight is 385 g/mol. The summed E-state index contributed by atoms with van der Waals surface area (Å²) in [5, 5.41) is 22.5. The van der Waals surface area contributed by atoms with Crippen molar-refractivity contribution < 1.29 is 10.2 Å². The van der Waals surface area contributed by atoms with Crippen molar-refractivity contribution in [3.05, 3.63) is 0 Å². The molecule has 2 nitrogen and oxygen atoms in total. The fraction of sp³-hybridized carbons (Fsp3) is 1.00. The predicted molar refractivity (Wildman–Crippen MR) is 96.4 cm³/mol. The van der Waals surface area contributed by atoms with Crippen molar-refractivity contribution in [2.24, 2.45) is 40.4 Å². The number of aliphatic hydroxyl groups excluding tert-OH is 1. The standard InChI is InChI=1S/C20H33BrO2/c1-11(2)13-9-12-10-20(13)8-7-18(3)14(21)5-6-19(4,23)17(18)15(20)16(12)22/h11-17,22-23H,5-10H2,1-4H3/t12-,13+,14+,15+,16+,17+,18-,19-,20+/m1/s1. The van der Waals surface area contributed by atoms with Gasteiger partial charge >= 0.3 is 0 Å². The molecule has 0 aromatic carbocycles. The zero-order chi connectivity index (χ0) is 16.8. The largest absolute Gasteiger partial charge is 0.393 e. The van der Waals surface area contributed by atoms with Crippen molar-refractivity contribution in [1.29, 1.82) is 0 Å². The van der Waals surface area contributed by atoms with Crippen LogP contribution in [0.15, 0.2) is 0 Å². The molecule has 23 heavy (non-hydrogen) atoms. The fourth-order valence-corrected chi connectivity index (χ4v) is 8.64. The predicted octanol–water partition coefficient (Wildman–Crippen LogP) is 4.37. The molecule has 0 radical (unpaired) electrons. The molecule has 3 heteroatoms. The van der Waals surface area contributed by atoms with Crippen molar-refractivity contribution in [3.63, 3.8) is 0 Å². The SMILES string of the molecule is CC(C)[C@@H]1C[C@@H]2C[C@@]13CC[C@]1(C)[C@@H](Br)CC[C@@](C)(O)[C@H]1[C@@H]3[C@H]2O. The van der Waals surface area contributed by atoms with Gasteiger partial charge in [0.15, 0.2) is 0 Å². The van der Waals surface area contributed by atoms with E-state index in [0.29, 0.717) is 22.6 Å². The molecule has 0 heterocycles. The van der Waals surface area contributed by atoms with Gasteiger partial charge in [0.1, 0.15) is 0 Å². The molecule has 4 fully saturated rings. The van der Waals surface area contributed by atoms with E-state index in [1.165, 1.54) is 25.7 Å². The first-order valence-electron chi connectivity index (χ1n) is 9.68. The molecule has 0 aromatic heterocycles. The Morgan fingerprint density at radius 3 is 2.48 bits per heavy atom. The van der Waals surface area contributed by atoms with Gasteiger partial charge in [0.2, 0.25) is 0 Å². The van der Waals surface area contributed by atoms with E-state index in [2.05, 4.69) is 43.6 Å². The van der Waals surface area contributed by atoms with Crippen molar-refractivity contribution in [2.75, 3.05) is 0 Å². The van der Waals surface area contributed by atoms with Gasteiger partial charge in [0.05, 0.1) is 11.7 Å². The van der Waals surface area contributed by atoms with E-state index in [0.717, 1.165) is 18.8 Å². The van der Waals surface area contributed by atoms with Crippen molar-refractivity contribution in [2.45, 2.75) is 82.8 Å². The third-order valence-electron chi connectivity index (χ3n) is 8.75. The van der Waals surface area contributed by atoms with Crippen molar-refractivity contribution in [3.8, 4) is 0 Å². The molecule has 4 aliphatic rings. The Balaban J connectivity index is 1.81. The van der Waals surface area contributed by atoms with Gasteiger partial charge in [-0.05, 0) is 85.9 Å². The van der Waals surface area contributed by atoms with E-state index >= 15 is 0 Å². The van der Waals surface area contributed by atoms with Crippen LogP contribution in [0.3, 0.4) is 0 Å². The molecule has 2 N–H and O–H groups in total. The molecule has 0 saturated heterocycles. The molecule has 1 spiro atoms. The number of rotatable bonds is 1. The summed E-state index contributed by atoms with van der Waals surface area (Å²) in [6, 6.07) is 0. The molecule has 0 aromatic rings. The molecule has 0 aliphatic heterocycles. The minimum Gasteiger partial charge on any atom is -0.393 e. The maximum Gasteiger partial charge on any atom is 0.0657 e. The van der Waals surface area contributed by atoms with Crippen LogP contribution < -0.4 is 0 Å². The number of halogens is 1. The molecule has 0 unspecified atom stereocenters. The van der Waals surface area contributed by atoms with Crippen LogP contribution in [0.25, 0.3) is 0 Å². The summed E-state index contributed by atoms with van der Waals surface area (Å²) in [5.74, 6) is 2.41. The first kappa shape index (κ1) is 16.8. The van der Waals surface area contributed by atoms with Crippen LogP contribution in [-0.2, 0) is 0 Å². The van der Waals surface area contributed by atoms with Crippen molar-refractivity contribution >= 4 is 15.9 Å². The van der Waals surface area contributed by atoms with E-state index in [1.54, 1.807) is 0 Å². The number of aliphatic hydroxyl groups is 2. The normalized spacial score (nSPS) is 61.6. The fourth-order valence-electron chi connectivity index (χ4n) is 7.90. The second-order valence-electron chi connectivity index (χ2n) is 10.1. The minimum absolute atomic E-state index is 0.116. The Hall–Kier alpha value is 0.400. The number of hydrogen-bond donors (Lipinski definition) is 2. The van der Waals surface area contributed by atoms with Crippen molar-refractivity contribution in [1.82, 2.24) is 0 Å². The second-order valence-corrected chi connectivity index (χ2v) is 11.3. The molecular weight excluding hydrogens is 352 g/mol. The Kier molecular flexibility index (Phi) is 3.65. The molecule has 0 amide bonds. The summed E-state index contributed by atoms with van der Waals surface area (Å²) >= 11 is 3.96. The van der Waals surface area contributed by atoms with Gasteiger partial charge in [-0.1, -0.05) is 36.7 Å².